The highest BCUT2D eigenvalue weighted by atomic mass is 16.6. The van der Waals surface area contributed by atoms with E-state index in [1.54, 1.807) is 18.3 Å². The van der Waals surface area contributed by atoms with Crippen molar-refractivity contribution in [2.24, 2.45) is 0 Å². The summed E-state index contributed by atoms with van der Waals surface area (Å²) in [5, 5.41) is 0. The Balaban J connectivity index is 2.16. The molecule has 5 nitrogen and oxygen atoms in total. The molecule has 0 amide bonds. The van der Waals surface area contributed by atoms with Gasteiger partial charge in [-0.15, -0.1) is 0 Å². The number of rotatable bonds is 2. The van der Waals surface area contributed by atoms with Crippen LogP contribution in [-0.4, -0.2) is 36.7 Å². The fraction of sp³-hybridized carbons (Fsp3) is 0.400. The molecule has 1 aromatic heterocycles. The zero-order chi connectivity index (χ0) is 10.7. The molecule has 1 aliphatic heterocycles. The lowest BCUT2D eigenvalue weighted by Crippen LogP contribution is -2.35. The monoisotopic (exact) mass is 208 g/mol. The van der Waals surface area contributed by atoms with Gasteiger partial charge >= 0.3 is 0 Å². The number of nitrogens with zero attached hydrogens (tertiary/aromatic N) is 1. The first kappa shape index (κ1) is 10.1. The SMILES string of the molecule is Nc1ncccc1C(=O)C1COCCO1. The lowest BCUT2D eigenvalue weighted by atomic mass is 10.1. The Morgan fingerprint density at radius 1 is 1.53 bits per heavy atom. The van der Waals surface area contributed by atoms with E-state index in [-0.39, 0.29) is 18.2 Å². The number of ether oxygens (including phenoxy) is 2. The third kappa shape index (κ3) is 2.14. The van der Waals surface area contributed by atoms with Gasteiger partial charge < -0.3 is 15.2 Å². The second kappa shape index (κ2) is 4.37. The van der Waals surface area contributed by atoms with Crippen LogP contribution >= 0.6 is 0 Å². The van der Waals surface area contributed by atoms with E-state index in [0.717, 1.165) is 0 Å². The number of nitrogen functional groups attached to an aromatic ring is 1. The van der Waals surface area contributed by atoms with Crippen LogP contribution in [0.1, 0.15) is 10.4 Å². The van der Waals surface area contributed by atoms with Gasteiger partial charge in [0.2, 0.25) is 0 Å². The number of nitrogens with two attached hydrogens (primary N) is 1. The van der Waals surface area contributed by atoms with Gasteiger partial charge in [0.15, 0.2) is 5.78 Å². The number of ketones is 1. The highest BCUT2D eigenvalue weighted by Gasteiger charge is 2.25. The number of pyridine rings is 1. The zero-order valence-corrected chi connectivity index (χ0v) is 8.18. The molecule has 1 unspecified atom stereocenters. The molecule has 2 rings (SSSR count). The Labute approximate surface area is 87.2 Å². The number of anilines is 1. The van der Waals surface area contributed by atoms with Gasteiger partial charge in [0.05, 0.1) is 25.4 Å². The number of aromatic nitrogens is 1. The van der Waals surface area contributed by atoms with Crippen LogP contribution in [0.4, 0.5) is 5.82 Å². The van der Waals surface area contributed by atoms with Crippen molar-refractivity contribution in [3.8, 4) is 0 Å². The van der Waals surface area contributed by atoms with Crippen LogP contribution in [0, 0.1) is 0 Å². The van der Waals surface area contributed by atoms with Gasteiger partial charge in [0.25, 0.3) is 0 Å². The van der Waals surface area contributed by atoms with Gasteiger partial charge in [0.1, 0.15) is 11.9 Å². The minimum absolute atomic E-state index is 0.166. The average molecular weight is 208 g/mol. The van der Waals surface area contributed by atoms with Gasteiger partial charge in [-0.1, -0.05) is 0 Å². The summed E-state index contributed by atoms with van der Waals surface area (Å²) in [6, 6.07) is 3.32. The Kier molecular flexibility index (Phi) is 2.94. The molecule has 1 fully saturated rings. The lowest BCUT2D eigenvalue weighted by molar-refractivity contribution is -0.0718. The first-order chi connectivity index (χ1) is 7.29. The summed E-state index contributed by atoms with van der Waals surface area (Å²) >= 11 is 0. The van der Waals surface area contributed by atoms with E-state index < -0.39 is 6.10 Å². The molecular weight excluding hydrogens is 196 g/mol. The number of hydrogen-bond donors (Lipinski definition) is 1. The Morgan fingerprint density at radius 3 is 3.07 bits per heavy atom. The van der Waals surface area contributed by atoms with E-state index >= 15 is 0 Å². The van der Waals surface area contributed by atoms with Crippen molar-refractivity contribution in [3.05, 3.63) is 23.9 Å². The first-order valence-corrected chi connectivity index (χ1v) is 4.73. The first-order valence-electron chi connectivity index (χ1n) is 4.73. The normalized spacial score (nSPS) is 21.2. The van der Waals surface area contributed by atoms with Crippen LogP contribution in [0.2, 0.25) is 0 Å². The second-order valence-corrected chi connectivity index (χ2v) is 3.23. The lowest BCUT2D eigenvalue weighted by Gasteiger charge is -2.21. The fourth-order valence-electron chi connectivity index (χ4n) is 1.44. The van der Waals surface area contributed by atoms with Crippen molar-refractivity contribution in [1.82, 2.24) is 4.98 Å². The highest BCUT2D eigenvalue weighted by molar-refractivity contribution is 6.03. The van der Waals surface area contributed by atoms with E-state index in [1.165, 1.54) is 0 Å². The summed E-state index contributed by atoms with van der Waals surface area (Å²) in [6.45, 7) is 1.26. The van der Waals surface area contributed by atoms with Crippen LogP contribution in [0.15, 0.2) is 18.3 Å². The molecule has 0 saturated carbocycles. The minimum atomic E-state index is -0.551. The maximum absolute atomic E-state index is 11.9. The van der Waals surface area contributed by atoms with E-state index in [2.05, 4.69) is 4.98 Å². The Bertz CT molecular complexity index is 361. The quantitative estimate of drug-likeness (QED) is 0.706. The van der Waals surface area contributed by atoms with Gasteiger partial charge in [0, 0.05) is 6.20 Å². The standard InChI is InChI=1S/C10H12N2O3/c11-10-7(2-1-3-12-10)9(13)8-6-14-4-5-15-8/h1-3,8H,4-6H2,(H2,11,12). The summed E-state index contributed by atoms with van der Waals surface area (Å²) in [5.41, 5.74) is 6.00. The molecule has 2 N–H and O–H groups in total. The predicted molar refractivity (Wildman–Crippen MR) is 53.5 cm³/mol. The van der Waals surface area contributed by atoms with Gasteiger partial charge in [-0.3, -0.25) is 4.79 Å². The predicted octanol–water partition coefficient (Wildman–Crippen LogP) is 0.262. The number of carbonyl (C=O) groups is 1. The molecule has 1 saturated heterocycles. The van der Waals surface area contributed by atoms with E-state index in [9.17, 15) is 4.79 Å². The molecule has 0 bridgehead atoms. The van der Waals surface area contributed by atoms with Crippen LogP contribution in [0.5, 0.6) is 0 Å². The van der Waals surface area contributed by atoms with Crippen LogP contribution in [0.25, 0.3) is 0 Å². The average Bonchev–Trinajstić information content (AvgIpc) is 2.30. The third-order valence-electron chi connectivity index (χ3n) is 2.21. The molecule has 5 heteroatoms. The summed E-state index contributed by atoms with van der Waals surface area (Å²) in [7, 11) is 0. The zero-order valence-electron chi connectivity index (χ0n) is 8.18. The minimum Gasteiger partial charge on any atom is -0.383 e. The van der Waals surface area contributed by atoms with Crippen molar-refractivity contribution in [2.45, 2.75) is 6.10 Å². The smallest absolute Gasteiger partial charge is 0.197 e. The van der Waals surface area contributed by atoms with Crippen LogP contribution < -0.4 is 5.73 Å². The van der Waals surface area contributed by atoms with Gasteiger partial charge in [-0.05, 0) is 12.1 Å². The summed E-state index contributed by atoms with van der Waals surface area (Å²) in [4.78, 5) is 15.8. The molecule has 0 spiro atoms. The Morgan fingerprint density at radius 2 is 2.40 bits per heavy atom. The van der Waals surface area contributed by atoms with Crippen molar-refractivity contribution < 1.29 is 14.3 Å². The van der Waals surface area contributed by atoms with E-state index in [1.807, 2.05) is 0 Å². The summed E-state index contributed by atoms with van der Waals surface area (Å²) in [6.07, 6.45) is 0.995. The van der Waals surface area contributed by atoms with E-state index in [4.69, 9.17) is 15.2 Å². The molecule has 0 aromatic carbocycles. The van der Waals surface area contributed by atoms with Crippen molar-refractivity contribution in [2.75, 3.05) is 25.6 Å². The number of carbonyl (C=O) groups excluding carboxylic acids is 1. The number of Topliss-reactive ketones (excluding diaryl/α,β-unsaturated/α-hetero) is 1. The molecule has 80 valence electrons. The molecule has 0 radical (unpaired) electrons. The fourth-order valence-corrected chi connectivity index (χ4v) is 1.44. The van der Waals surface area contributed by atoms with Gasteiger partial charge in [-0.2, -0.15) is 0 Å². The Hall–Kier alpha value is -1.46. The third-order valence-corrected chi connectivity index (χ3v) is 2.21. The molecule has 1 aromatic rings. The van der Waals surface area contributed by atoms with Gasteiger partial charge in [-0.25, -0.2) is 4.98 Å². The van der Waals surface area contributed by atoms with Crippen LogP contribution in [0.3, 0.4) is 0 Å². The maximum Gasteiger partial charge on any atom is 0.197 e. The van der Waals surface area contributed by atoms with Crippen molar-refractivity contribution in [3.63, 3.8) is 0 Å². The van der Waals surface area contributed by atoms with Crippen molar-refractivity contribution >= 4 is 11.6 Å². The molecule has 0 aliphatic carbocycles. The summed E-state index contributed by atoms with van der Waals surface area (Å²) in [5.74, 6) is 0.0666. The highest BCUT2D eigenvalue weighted by Crippen LogP contribution is 2.13. The molecule has 15 heavy (non-hydrogen) atoms. The molecule has 1 aliphatic rings. The second-order valence-electron chi connectivity index (χ2n) is 3.23. The summed E-state index contributed by atoms with van der Waals surface area (Å²) < 4.78 is 10.4. The topological polar surface area (TPSA) is 74.4 Å². The molecule has 1 atom stereocenters. The van der Waals surface area contributed by atoms with E-state index in [0.29, 0.717) is 18.8 Å². The molecule has 2 heterocycles. The van der Waals surface area contributed by atoms with Crippen molar-refractivity contribution in [1.29, 1.82) is 0 Å². The largest absolute Gasteiger partial charge is 0.383 e. The molecular formula is C10H12N2O3. The number of hydrogen-bond acceptors (Lipinski definition) is 5. The maximum atomic E-state index is 11.9. The van der Waals surface area contributed by atoms with Crippen LogP contribution in [-0.2, 0) is 9.47 Å².